The van der Waals surface area contributed by atoms with Crippen LogP contribution in [-0.4, -0.2) is 5.25 Å². The number of hydrogen-bond donors (Lipinski definition) is 0. The van der Waals surface area contributed by atoms with Gasteiger partial charge in [-0.2, -0.15) is 0 Å². The monoisotopic (exact) mass is 588 g/mol. The predicted octanol–water partition coefficient (Wildman–Crippen LogP) is 14.5. The lowest BCUT2D eigenvalue weighted by atomic mass is 9.97. The van der Waals surface area contributed by atoms with E-state index < -0.39 is 0 Å². The molecule has 1 aromatic heterocycles. The Morgan fingerprint density at radius 3 is 1.52 bits per heavy atom. The highest BCUT2D eigenvalue weighted by Crippen LogP contribution is 2.45. The Morgan fingerprint density at radius 2 is 1.00 bits per heavy atom. The molecule has 1 aliphatic heterocycles. The molecule has 0 saturated carbocycles. The molecule has 1 unspecified atom stereocenters. The van der Waals surface area contributed by atoms with Crippen molar-refractivity contribution in [1.82, 2.24) is 0 Å². The van der Waals surface area contributed by atoms with Crippen LogP contribution in [0.5, 0.6) is 0 Å². The van der Waals surface area contributed by atoms with Crippen LogP contribution >= 0.6 is 23.1 Å². The normalized spacial score (nSPS) is 15.3. The lowest BCUT2D eigenvalue weighted by Crippen LogP contribution is -1.97. The van der Waals surface area contributed by atoms with Gasteiger partial charge in [0.1, 0.15) is 0 Å². The molecule has 2 heterocycles. The van der Waals surface area contributed by atoms with E-state index in [0.29, 0.717) is 0 Å². The van der Waals surface area contributed by atoms with Crippen LogP contribution in [0, 0.1) is 0 Å². The first-order valence-corrected chi connectivity index (χ1v) is 20.0. The molecule has 2 rings (SSSR count). The number of unbranched alkanes of at least 4 members (excludes halogenated alkanes) is 21. The van der Waals surface area contributed by atoms with Crippen LogP contribution in [0.25, 0.3) is 4.91 Å². The third-order valence-corrected chi connectivity index (χ3v) is 11.6. The number of thiophene rings is 1. The van der Waals surface area contributed by atoms with Gasteiger partial charge < -0.3 is 0 Å². The van der Waals surface area contributed by atoms with E-state index >= 15 is 0 Å². The highest BCUT2D eigenvalue weighted by Gasteiger charge is 2.23. The van der Waals surface area contributed by atoms with E-state index in [1.165, 1.54) is 180 Å². The first-order valence-electron chi connectivity index (χ1n) is 18.3. The summed E-state index contributed by atoms with van der Waals surface area (Å²) < 4.78 is 0. The molecule has 0 bridgehead atoms. The number of aryl methyl sites for hydroxylation is 1. The van der Waals surface area contributed by atoms with Crippen LogP contribution < -0.4 is 0 Å². The van der Waals surface area contributed by atoms with Crippen molar-refractivity contribution < 1.29 is 0 Å². The molecule has 40 heavy (non-hydrogen) atoms. The highest BCUT2D eigenvalue weighted by atomic mass is 32.2. The Bertz CT molecular complexity index is 730. The van der Waals surface area contributed by atoms with Gasteiger partial charge in [-0.15, -0.1) is 23.1 Å². The average molecular weight is 589 g/mol. The van der Waals surface area contributed by atoms with Crippen molar-refractivity contribution in [1.29, 1.82) is 0 Å². The topological polar surface area (TPSA) is 0 Å². The predicted molar refractivity (Wildman–Crippen MR) is 188 cm³/mol. The molecule has 0 spiro atoms. The van der Waals surface area contributed by atoms with Crippen molar-refractivity contribution in [2.45, 2.75) is 206 Å². The van der Waals surface area contributed by atoms with Crippen LogP contribution in [0.4, 0.5) is 0 Å². The van der Waals surface area contributed by atoms with Crippen LogP contribution in [0.3, 0.4) is 0 Å². The summed E-state index contributed by atoms with van der Waals surface area (Å²) in [6.45, 7) is 6.95. The first-order chi connectivity index (χ1) is 19.8. The summed E-state index contributed by atoms with van der Waals surface area (Å²) >= 11 is 4.32. The maximum atomic E-state index is 2.61. The Labute approximate surface area is 260 Å². The fraction of sp³-hybridized carbons (Fsp3) is 0.842. The summed E-state index contributed by atoms with van der Waals surface area (Å²) in [5, 5.41) is 3.40. The average Bonchev–Trinajstić information content (AvgIpc) is 3.60. The van der Waals surface area contributed by atoms with Crippen LogP contribution in [0.2, 0.25) is 0 Å². The summed E-state index contributed by atoms with van der Waals surface area (Å²) in [5.41, 5.74) is 3.47. The van der Waals surface area contributed by atoms with E-state index in [9.17, 15) is 0 Å². The molecule has 0 N–H and O–H groups in total. The van der Waals surface area contributed by atoms with Crippen molar-refractivity contribution in [2.75, 3.05) is 0 Å². The molecule has 1 aliphatic rings. The van der Waals surface area contributed by atoms with Crippen LogP contribution in [0.1, 0.15) is 204 Å². The lowest BCUT2D eigenvalue weighted by molar-refractivity contribution is 0.561. The molecule has 232 valence electrons. The molecule has 2 heteroatoms. The standard InChI is InChI=1S/C38H68S2/c1-4-7-10-13-16-19-22-25-28-34-33-39-38(36(34)30-27-24-21-18-15-12-9-6-3)37-32-31-35(40-37)29-26-23-20-17-14-11-8-5-2/h32-33,35H,4-31H2,1-3H3. The fourth-order valence-corrected chi connectivity index (χ4v) is 8.98. The zero-order valence-corrected chi connectivity index (χ0v) is 29.0. The quantitative estimate of drug-likeness (QED) is 0.0877. The third kappa shape index (κ3) is 16.4. The molecule has 0 saturated heterocycles. The smallest absolute Gasteiger partial charge is 0.0437 e. The van der Waals surface area contributed by atoms with Gasteiger partial charge in [-0.05, 0) is 55.0 Å². The number of rotatable bonds is 28. The minimum Gasteiger partial charge on any atom is -0.143 e. The molecule has 1 atom stereocenters. The maximum Gasteiger partial charge on any atom is 0.0437 e. The largest absolute Gasteiger partial charge is 0.143 e. The first kappa shape index (κ1) is 36.0. The van der Waals surface area contributed by atoms with E-state index in [-0.39, 0.29) is 0 Å². The van der Waals surface area contributed by atoms with Crippen molar-refractivity contribution in [3.63, 3.8) is 0 Å². The fourth-order valence-electron chi connectivity index (χ4n) is 6.34. The van der Waals surface area contributed by atoms with E-state index in [4.69, 9.17) is 0 Å². The summed E-state index contributed by atoms with van der Waals surface area (Å²) in [6.07, 6.45) is 42.2. The van der Waals surface area contributed by atoms with Gasteiger partial charge in [0.2, 0.25) is 0 Å². The van der Waals surface area contributed by atoms with Gasteiger partial charge in [-0.25, -0.2) is 0 Å². The van der Waals surface area contributed by atoms with Gasteiger partial charge in [0.05, 0.1) is 0 Å². The van der Waals surface area contributed by atoms with Gasteiger partial charge in [0, 0.05) is 15.0 Å². The second-order valence-corrected chi connectivity index (χ2v) is 15.0. The van der Waals surface area contributed by atoms with Gasteiger partial charge in [-0.1, -0.05) is 168 Å². The molecule has 0 amide bonds. The maximum absolute atomic E-state index is 2.61. The number of allylic oxidation sites excluding steroid dienone is 1. The van der Waals surface area contributed by atoms with E-state index in [1.807, 2.05) is 0 Å². The van der Waals surface area contributed by atoms with Gasteiger partial charge in [0.15, 0.2) is 0 Å². The van der Waals surface area contributed by atoms with E-state index in [1.54, 1.807) is 20.9 Å². The molecule has 1 aromatic rings. The Hall–Kier alpha value is -0.210. The Kier molecular flexibility index (Phi) is 22.8. The minimum absolute atomic E-state index is 0.837. The van der Waals surface area contributed by atoms with Crippen LogP contribution in [-0.2, 0) is 12.8 Å². The minimum atomic E-state index is 0.837. The molecule has 0 aromatic carbocycles. The molecule has 0 radical (unpaired) electrons. The Morgan fingerprint density at radius 1 is 0.550 bits per heavy atom. The number of thioether (sulfide) groups is 1. The highest BCUT2D eigenvalue weighted by molar-refractivity contribution is 8.09. The summed E-state index contributed by atoms with van der Waals surface area (Å²) in [4.78, 5) is 3.31. The second kappa shape index (κ2) is 25.3. The molecular formula is C38H68S2. The Balaban J connectivity index is 1.78. The van der Waals surface area contributed by atoms with E-state index in [2.05, 4.69) is 55.3 Å². The third-order valence-electron chi connectivity index (χ3n) is 9.02. The van der Waals surface area contributed by atoms with Crippen molar-refractivity contribution >= 4 is 28.0 Å². The van der Waals surface area contributed by atoms with Gasteiger partial charge in [-0.3, -0.25) is 0 Å². The molecule has 0 aliphatic carbocycles. The van der Waals surface area contributed by atoms with Crippen LogP contribution in [0.15, 0.2) is 11.5 Å². The van der Waals surface area contributed by atoms with Gasteiger partial charge >= 0.3 is 0 Å². The number of hydrogen-bond acceptors (Lipinski definition) is 2. The molecule has 0 nitrogen and oxygen atoms in total. The van der Waals surface area contributed by atoms with Crippen molar-refractivity contribution in [3.8, 4) is 0 Å². The van der Waals surface area contributed by atoms with Crippen molar-refractivity contribution in [2.24, 2.45) is 0 Å². The zero-order valence-electron chi connectivity index (χ0n) is 27.3. The molecule has 0 fully saturated rings. The lowest BCUT2D eigenvalue weighted by Gasteiger charge is -2.12. The molecular weight excluding hydrogens is 521 g/mol. The summed E-state index contributed by atoms with van der Waals surface area (Å²) in [7, 11) is 0. The van der Waals surface area contributed by atoms with E-state index in [0.717, 1.165) is 5.25 Å². The summed E-state index contributed by atoms with van der Waals surface area (Å²) in [6, 6.07) is 0. The van der Waals surface area contributed by atoms with Gasteiger partial charge in [0.25, 0.3) is 0 Å². The van der Waals surface area contributed by atoms with Crippen molar-refractivity contribution in [3.05, 3.63) is 27.5 Å². The SMILES string of the molecule is CCCCCCCCCCc1csc(C2=CCC(CCCCCCCCCC)S2)c1CCCCCCCCCC. The second-order valence-electron chi connectivity index (χ2n) is 12.8. The zero-order chi connectivity index (χ0) is 28.5. The summed E-state index contributed by atoms with van der Waals surface area (Å²) in [5.74, 6) is 0.